The Morgan fingerprint density at radius 2 is 1.83 bits per heavy atom. The molecule has 5 nitrogen and oxygen atoms in total. The fraction of sp³-hybridized carbons (Fsp3) is 0.778. The van der Waals surface area contributed by atoms with E-state index in [0.717, 1.165) is 36.6 Å². The topological polar surface area (TPSA) is 54.2 Å². The summed E-state index contributed by atoms with van der Waals surface area (Å²) in [7, 11) is 3.83. The molecule has 1 aromatic rings. The molecular weight excluding hydrogens is 286 g/mol. The molecule has 1 aromatic heterocycles. The first kappa shape index (κ1) is 17.8. The Labute approximate surface area is 141 Å². The lowest BCUT2D eigenvalue weighted by molar-refractivity contribution is 0.269. The maximum atomic E-state index is 4.47. The van der Waals surface area contributed by atoms with E-state index in [4.69, 9.17) is 0 Å². The highest BCUT2D eigenvalue weighted by Gasteiger charge is 2.20. The van der Waals surface area contributed by atoms with E-state index < -0.39 is 0 Å². The van der Waals surface area contributed by atoms with Crippen LogP contribution in [0.5, 0.6) is 0 Å². The van der Waals surface area contributed by atoms with Gasteiger partial charge in [-0.1, -0.05) is 26.2 Å². The molecule has 0 atom stereocenters. The lowest BCUT2D eigenvalue weighted by atomic mass is 9.81. The summed E-state index contributed by atoms with van der Waals surface area (Å²) >= 11 is 0. The van der Waals surface area contributed by atoms with Crippen molar-refractivity contribution in [1.82, 2.24) is 20.4 Å². The minimum Gasteiger partial charge on any atom is -0.356 e. The Kier molecular flexibility index (Phi) is 6.48. The normalized spacial score (nSPS) is 22.2. The zero-order valence-corrected chi connectivity index (χ0v) is 15.4. The largest absolute Gasteiger partial charge is 0.356 e. The van der Waals surface area contributed by atoms with E-state index in [2.05, 4.69) is 41.5 Å². The third-order valence-corrected chi connectivity index (χ3v) is 5.42. The van der Waals surface area contributed by atoms with Crippen LogP contribution in [0.3, 0.4) is 0 Å². The average molecular weight is 319 g/mol. The molecule has 0 unspecified atom stereocenters. The van der Waals surface area contributed by atoms with Crippen molar-refractivity contribution in [1.29, 1.82) is 0 Å². The van der Waals surface area contributed by atoms with Crippen LogP contribution in [0.15, 0.2) is 4.99 Å². The number of aliphatic imine (C=N–C) groups is 1. The predicted molar refractivity (Wildman–Crippen MR) is 96.6 cm³/mol. The Hall–Kier alpha value is -1.52. The van der Waals surface area contributed by atoms with Gasteiger partial charge in [-0.3, -0.25) is 9.67 Å². The zero-order valence-electron chi connectivity index (χ0n) is 15.4. The van der Waals surface area contributed by atoms with Gasteiger partial charge in [0.15, 0.2) is 5.96 Å². The van der Waals surface area contributed by atoms with E-state index in [9.17, 15) is 0 Å². The number of hydrogen-bond acceptors (Lipinski definition) is 2. The molecule has 0 spiro atoms. The smallest absolute Gasteiger partial charge is 0.191 e. The predicted octanol–water partition coefficient (Wildman–Crippen LogP) is 2.92. The first-order valence-electron chi connectivity index (χ1n) is 8.98. The second-order valence-corrected chi connectivity index (χ2v) is 6.87. The number of aromatic nitrogens is 2. The summed E-state index contributed by atoms with van der Waals surface area (Å²) in [5.41, 5.74) is 3.56. The summed E-state index contributed by atoms with van der Waals surface area (Å²) in [6, 6.07) is 0. The van der Waals surface area contributed by atoms with Crippen LogP contribution in [0, 0.1) is 25.7 Å². The number of hydrogen-bond donors (Lipinski definition) is 2. The molecule has 0 aromatic carbocycles. The molecule has 0 aliphatic heterocycles. The van der Waals surface area contributed by atoms with Crippen molar-refractivity contribution in [2.24, 2.45) is 23.9 Å². The molecule has 130 valence electrons. The standard InChI is InChI=1S/C18H33N5/c1-6-15-7-9-16(10-8-15)11-20-18(19-4)21-12-17-13(2)22-23(5)14(17)3/h15-16H,6-12H2,1-5H3,(H2,19,20,21). The highest BCUT2D eigenvalue weighted by Crippen LogP contribution is 2.30. The molecule has 1 fully saturated rings. The first-order chi connectivity index (χ1) is 11.0. The van der Waals surface area contributed by atoms with Crippen LogP contribution in [-0.4, -0.2) is 29.3 Å². The maximum absolute atomic E-state index is 4.47. The summed E-state index contributed by atoms with van der Waals surface area (Å²) in [6.45, 7) is 8.29. The van der Waals surface area contributed by atoms with Gasteiger partial charge >= 0.3 is 0 Å². The number of aryl methyl sites for hydroxylation is 2. The zero-order chi connectivity index (χ0) is 16.8. The van der Waals surface area contributed by atoms with Gasteiger partial charge in [-0.05, 0) is 38.5 Å². The number of rotatable bonds is 5. The third-order valence-electron chi connectivity index (χ3n) is 5.42. The van der Waals surface area contributed by atoms with Crippen molar-refractivity contribution >= 4 is 5.96 Å². The van der Waals surface area contributed by atoms with Crippen LogP contribution in [0.4, 0.5) is 0 Å². The van der Waals surface area contributed by atoms with Crippen molar-refractivity contribution in [3.63, 3.8) is 0 Å². The molecule has 0 saturated heterocycles. The highest BCUT2D eigenvalue weighted by molar-refractivity contribution is 5.79. The van der Waals surface area contributed by atoms with Crippen LogP contribution in [-0.2, 0) is 13.6 Å². The van der Waals surface area contributed by atoms with E-state index in [1.165, 1.54) is 43.4 Å². The molecule has 2 rings (SSSR count). The molecule has 1 heterocycles. The van der Waals surface area contributed by atoms with Crippen LogP contribution < -0.4 is 10.6 Å². The molecule has 23 heavy (non-hydrogen) atoms. The number of guanidine groups is 1. The van der Waals surface area contributed by atoms with Gasteiger partial charge in [-0.15, -0.1) is 0 Å². The SMILES string of the molecule is CCC1CCC(CNC(=NC)NCc2c(C)nn(C)c2C)CC1. The highest BCUT2D eigenvalue weighted by atomic mass is 15.3. The van der Waals surface area contributed by atoms with Gasteiger partial charge in [0.25, 0.3) is 0 Å². The van der Waals surface area contributed by atoms with Crippen molar-refractivity contribution in [2.75, 3.05) is 13.6 Å². The monoisotopic (exact) mass is 319 g/mol. The molecule has 0 radical (unpaired) electrons. The quantitative estimate of drug-likeness (QED) is 0.648. The van der Waals surface area contributed by atoms with E-state index in [-0.39, 0.29) is 0 Å². The maximum Gasteiger partial charge on any atom is 0.191 e. The van der Waals surface area contributed by atoms with Crippen LogP contribution >= 0.6 is 0 Å². The Balaban J connectivity index is 1.78. The van der Waals surface area contributed by atoms with Gasteiger partial charge in [0.2, 0.25) is 0 Å². The Morgan fingerprint density at radius 1 is 1.17 bits per heavy atom. The second kappa shape index (κ2) is 8.37. The number of nitrogens with zero attached hydrogens (tertiary/aromatic N) is 3. The van der Waals surface area contributed by atoms with E-state index >= 15 is 0 Å². The van der Waals surface area contributed by atoms with Gasteiger partial charge in [0, 0.05) is 38.4 Å². The third kappa shape index (κ3) is 4.72. The van der Waals surface area contributed by atoms with Gasteiger partial charge in [0.05, 0.1) is 5.69 Å². The minimum atomic E-state index is 0.772. The van der Waals surface area contributed by atoms with Crippen LogP contribution in [0.1, 0.15) is 56.0 Å². The fourth-order valence-corrected chi connectivity index (χ4v) is 3.55. The summed E-state index contributed by atoms with van der Waals surface area (Å²) < 4.78 is 1.94. The summed E-state index contributed by atoms with van der Waals surface area (Å²) in [5.74, 6) is 2.64. The summed E-state index contributed by atoms with van der Waals surface area (Å²) in [4.78, 5) is 4.35. The van der Waals surface area contributed by atoms with Crippen molar-refractivity contribution < 1.29 is 0 Å². The second-order valence-electron chi connectivity index (χ2n) is 6.87. The Morgan fingerprint density at radius 3 is 2.35 bits per heavy atom. The molecular formula is C18H33N5. The van der Waals surface area contributed by atoms with E-state index in [1.54, 1.807) is 0 Å². The Bertz CT molecular complexity index is 524. The molecule has 0 bridgehead atoms. The lowest BCUT2D eigenvalue weighted by Gasteiger charge is -2.28. The first-order valence-corrected chi connectivity index (χ1v) is 8.98. The summed E-state index contributed by atoms with van der Waals surface area (Å²) in [6.07, 6.45) is 6.83. The molecule has 0 amide bonds. The van der Waals surface area contributed by atoms with Crippen LogP contribution in [0.2, 0.25) is 0 Å². The van der Waals surface area contributed by atoms with Crippen molar-refractivity contribution in [3.05, 3.63) is 17.0 Å². The van der Waals surface area contributed by atoms with Gasteiger partial charge in [-0.2, -0.15) is 5.10 Å². The van der Waals surface area contributed by atoms with E-state index in [1.807, 2.05) is 18.8 Å². The lowest BCUT2D eigenvalue weighted by Crippen LogP contribution is -2.40. The minimum absolute atomic E-state index is 0.772. The molecule has 1 saturated carbocycles. The molecule has 2 N–H and O–H groups in total. The number of nitrogens with one attached hydrogen (secondary N) is 2. The van der Waals surface area contributed by atoms with E-state index in [0.29, 0.717) is 0 Å². The fourth-order valence-electron chi connectivity index (χ4n) is 3.55. The van der Waals surface area contributed by atoms with Crippen LogP contribution in [0.25, 0.3) is 0 Å². The van der Waals surface area contributed by atoms with Gasteiger partial charge in [0.1, 0.15) is 0 Å². The van der Waals surface area contributed by atoms with Crippen molar-refractivity contribution in [2.45, 2.75) is 59.4 Å². The molecule has 5 heteroatoms. The van der Waals surface area contributed by atoms with Gasteiger partial charge < -0.3 is 10.6 Å². The molecule has 1 aliphatic carbocycles. The summed E-state index contributed by atoms with van der Waals surface area (Å²) in [5, 5.41) is 11.4. The van der Waals surface area contributed by atoms with Crippen molar-refractivity contribution in [3.8, 4) is 0 Å². The molecule has 1 aliphatic rings. The van der Waals surface area contributed by atoms with Gasteiger partial charge in [-0.25, -0.2) is 0 Å². The average Bonchev–Trinajstić information content (AvgIpc) is 2.81.